The third-order valence-electron chi connectivity index (χ3n) is 2.32. The van der Waals surface area contributed by atoms with Crippen molar-refractivity contribution in [3.63, 3.8) is 0 Å². The Balaban J connectivity index is 2.22. The molecule has 0 aliphatic rings. The quantitative estimate of drug-likeness (QED) is 0.934. The van der Waals surface area contributed by atoms with Gasteiger partial charge < -0.3 is 10.1 Å². The van der Waals surface area contributed by atoms with Crippen LogP contribution in [0.25, 0.3) is 0 Å². The van der Waals surface area contributed by atoms with Gasteiger partial charge in [0.15, 0.2) is 5.75 Å². The Morgan fingerprint density at radius 2 is 1.95 bits per heavy atom. The number of para-hydroxylation sites is 2. The lowest BCUT2D eigenvalue weighted by atomic mass is 10.2. The van der Waals surface area contributed by atoms with Gasteiger partial charge >= 0.3 is 6.36 Å². The number of hydrogen-bond donors (Lipinski definition) is 1. The topological polar surface area (TPSA) is 51.2 Å². The second kappa shape index (κ2) is 6.01. The summed E-state index contributed by atoms with van der Waals surface area (Å²) in [6.07, 6.45) is -3.54. The maximum atomic E-state index is 12.3. The molecule has 0 aliphatic carbocycles. The first kappa shape index (κ1) is 15.1. The molecule has 21 heavy (non-hydrogen) atoms. The molecule has 0 spiro atoms. The van der Waals surface area contributed by atoms with Gasteiger partial charge in [-0.15, -0.1) is 13.2 Å². The largest absolute Gasteiger partial charge is 0.573 e. The van der Waals surface area contributed by atoms with Crippen molar-refractivity contribution >= 4 is 23.2 Å². The molecule has 0 aliphatic heterocycles. The molecule has 1 aromatic carbocycles. The number of ether oxygens (including phenoxy) is 1. The standard InChI is InChI=1S/C13H8ClF3N2O2/c14-8-5-6-18-10(7-8)12(20)19-9-3-1-2-4-11(9)21-13(15,16)17/h1-7H,(H,19,20). The predicted molar refractivity (Wildman–Crippen MR) is 70.3 cm³/mol. The molecule has 0 unspecified atom stereocenters. The molecule has 2 rings (SSSR count). The van der Waals surface area contributed by atoms with E-state index in [4.69, 9.17) is 11.6 Å². The molecule has 1 heterocycles. The van der Waals surface area contributed by atoms with Crippen LogP contribution in [-0.2, 0) is 0 Å². The number of hydrogen-bond acceptors (Lipinski definition) is 3. The molecule has 0 saturated heterocycles. The number of amides is 1. The number of aromatic nitrogens is 1. The molecule has 0 saturated carbocycles. The average molecular weight is 317 g/mol. The Hall–Kier alpha value is -2.28. The van der Waals surface area contributed by atoms with E-state index in [2.05, 4.69) is 15.0 Å². The summed E-state index contributed by atoms with van der Waals surface area (Å²) >= 11 is 5.72. The summed E-state index contributed by atoms with van der Waals surface area (Å²) in [5, 5.41) is 2.58. The molecule has 8 heteroatoms. The van der Waals surface area contributed by atoms with E-state index in [-0.39, 0.29) is 16.4 Å². The van der Waals surface area contributed by atoms with Gasteiger partial charge in [-0.05, 0) is 24.3 Å². The normalized spacial score (nSPS) is 11.0. The number of halogens is 4. The fourth-order valence-electron chi connectivity index (χ4n) is 1.50. The second-order valence-corrected chi connectivity index (χ2v) is 4.29. The zero-order chi connectivity index (χ0) is 15.5. The first-order chi connectivity index (χ1) is 9.85. The Kier molecular flexibility index (Phi) is 4.32. The molecule has 2 aromatic rings. The number of rotatable bonds is 3. The summed E-state index contributed by atoms with van der Waals surface area (Å²) in [5.74, 6) is -1.21. The van der Waals surface area contributed by atoms with Gasteiger partial charge in [0.05, 0.1) is 5.69 Å². The van der Waals surface area contributed by atoms with Crippen molar-refractivity contribution in [2.24, 2.45) is 0 Å². The van der Waals surface area contributed by atoms with Crippen molar-refractivity contribution in [2.75, 3.05) is 5.32 Å². The summed E-state index contributed by atoms with van der Waals surface area (Å²) in [5.41, 5.74) is -0.147. The lowest BCUT2D eigenvalue weighted by Crippen LogP contribution is -2.20. The minimum absolute atomic E-state index is 0.0238. The first-order valence-corrected chi connectivity index (χ1v) is 6.00. The molecule has 0 atom stereocenters. The smallest absolute Gasteiger partial charge is 0.404 e. The van der Waals surface area contributed by atoms with Gasteiger partial charge in [0.25, 0.3) is 5.91 Å². The number of carbonyl (C=O) groups is 1. The van der Waals surface area contributed by atoms with E-state index in [0.29, 0.717) is 0 Å². The maximum absolute atomic E-state index is 12.3. The number of pyridine rings is 1. The van der Waals surface area contributed by atoms with Gasteiger partial charge in [-0.3, -0.25) is 9.78 Å². The number of nitrogens with one attached hydrogen (secondary N) is 1. The third-order valence-corrected chi connectivity index (χ3v) is 2.55. The van der Waals surface area contributed by atoms with Crippen LogP contribution in [-0.4, -0.2) is 17.3 Å². The maximum Gasteiger partial charge on any atom is 0.573 e. The van der Waals surface area contributed by atoms with Crippen LogP contribution in [0.5, 0.6) is 5.75 Å². The average Bonchev–Trinajstić information content (AvgIpc) is 2.39. The highest BCUT2D eigenvalue weighted by molar-refractivity contribution is 6.30. The van der Waals surface area contributed by atoms with Gasteiger partial charge in [-0.1, -0.05) is 23.7 Å². The highest BCUT2D eigenvalue weighted by atomic mass is 35.5. The molecule has 0 radical (unpaired) electrons. The van der Waals surface area contributed by atoms with Gasteiger partial charge in [-0.25, -0.2) is 0 Å². The molecule has 0 fully saturated rings. The number of anilines is 1. The minimum atomic E-state index is -4.85. The number of carbonyl (C=O) groups excluding carboxylic acids is 1. The fourth-order valence-corrected chi connectivity index (χ4v) is 1.66. The van der Waals surface area contributed by atoms with E-state index in [1.165, 1.54) is 36.5 Å². The van der Waals surface area contributed by atoms with E-state index in [9.17, 15) is 18.0 Å². The van der Waals surface area contributed by atoms with Crippen LogP contribution in [0.4, 0.5) is 18.9 Å². The van der Waals surface area contributed by atoms with Crippen molar-refractivity contribution in [3.8, 4) is 5.75 Å². The third kappa shape index (κ3) is 4.35. The predicted octanol–water partition coefficient (Wildman–Crippen LogP) is 3.89. The zero-order valence-corrected chi connectivity index (χ0v) is 11.1. The number of nitrogens with zero attached hydrogens (tertiary/aromatic N) is 1. The lowest BCUT2D eigenvalue weighted by Gasteiger charge is -2.13. The zero-order valence-electron chi connectivity index (χ0n) is 10.3. The Bertz CT molecular complexity index is 662. The van der Waals surface area contributed by atoms with Crippen LogP contribution < -0.4 is 10.1 Å². The van der Waals surface area contributed by atoms with E-state index < -0.39 is 18.0 Å². The van der Waals surface area contributed by atoms with E-state index in [1.54, 1.807) is 0 Å². The van der Waals surface area contributed by atoms with Crippen LogP contribution in [0.1, 0.15) is 10.5 Å². The molecule has 1 N–H and O–H groups in total. The molecule has 110 valence electrons. The highest BCUT2D eigenvalue weighted by Crippen LogP contribution is 2.30. The molecule has 1 aromatic heterocycles. The first-order valence-electron chi connectivity index (χ1n) is 5.63. The monoisotopic (exact) mass is 316 g/mol. The molecular formula is C13H8ClF3N2O2. The van der Waals surface area contributed by atoms with Crippen LogP contribution in [0.2, 0.25) is 5.02 Å². The van der Waals surface area contributed by atoms with Gasteiger partial charge in [0.1, 0.15) is 5.69 Å². The summed E-state index contributed by atoms with van der Waals surface area (Å²) in [6, 6.07) is 7.96. The van der Waals surface area contributed by atoms with Crippen LogP contribution in [0.3, 0.4) is 0 Å². The van der Waals surface area contributed by atoms with Gasteiger partial charge in [0, 0.05) is 11.2 Å². The minimum Gasteiger partial charge on any atom is -0.404 e. The van der Waals surface area contributed by atoms with Crippen molar-refractivity contribution in [1.29, 1.82) is 0 Å². The molecule has 0 bridgehead atoms. The van der Waals surface area contributed by atoms with Crippen LogP contribution in [0, 0.1) is 0 Å². The van der Waals surface area contributed by atoms with E-state index >= 15 is 0 Å². The van der Waals surface area contributed by atoms with Crippen LogP contribution >= 0.6 is 11.6 Å². The molecular weight excluding hydrogens is 309 g/mol. The Morgan fingerprint density at radius 1 is 1.24 bits per heavy atom. The summed E-state index contributed by atoms with van der Waals surface area (Å²) in [6.45, 7) is 0. The summed E-state index contributed by atoms with van der Waals surface area (Å²) < 4.78 is 40.6. The number of alkyl halides is 3. The van der Waals surface area contributed by atoms with Gasteiger partial charge in [0.2, 0.25) is 0 Å². The molecule has 1 amide bonds. The second-order valence-electron chi connectivity index (χ2n) is 3.86. The van der Waals surface area contributed by atoms with Crippen molar-refractivity contribution in [1.82, 2.24) is 4.98 Å². The van der Waals surface area contributed by atoms with Gasteiger partial charge in [-0.2, -0.15) is 0 Å². The van der Waals surface area contributed by atoms with Crippen molar-refractivity contribution < 1.29 is 22.7 Å². The Morgan fingerprint density at radius 3 is 2.62 bits per heavy atom. The highest BCUT2D eigenvalue weighted by Gasteiger charge is 2.32. The van der Waals surface area contributed by atoms with E-state index in [0.717, 1.165) is 6.07 Å². The van der Waals surface area contributed by atoms with Crippen molar-refractivity contribution in [3.05, 3.63) is 53.3 Å². The lowest BCUT2D eigenvalue weighted by molar-refractivity contribution is -0.274. The summed E-state index contributed by atoms with van der Waals surface area (Å²) in [7, 11) is 0. The molecule has 4 nitrogen and oxygen atoms in total. The number of benzene rings is 1. The fraction of sp³-hybridized carbons (Fsp3) is 0.0769. The van der Waals surface area contributed by atoms with Crippen molar-refractivity contribution in [2.45, 2.75) is 6.36 Å². The SMILES string of the molecule is O=C(Nc1ccccc1OC(F)(F)F)c1cc(Cl)ccn1. The van der Waals surface area contributed by atoms with Crippen LogP contribution in [0.15, 0.2) is 42.6 Å². The van der Waals surface area contributed by atoms with E-state index in [1.807, 2.05) is 0 Å². The summed E-state index contributed by atoms with van der Waals surface area (Å²) in [4.78, 5) is 15.7. The Labute approximate surface area is 122 Å².